The first-order valence-electron chi connectivity index (χ1n) is 8.35. The fourth-order valence-electron chi connectivity index (χ4n) is 2.95. The van der Waals surface area contributed by atoms with Gasteiger partial charge in [-0.1, -0.05) is 24.6 Å². The normalized spacial score (nSPS) is 18.4. The van der Waals surface area contributed by atoms with Crippen molar-refractivity contribution in [3.63, 3.8) is 0 Å². The molecule has 2 rings (SSSR count). The quantitative estimate of drug-likeness (QED) is 0.876. The van der Waals surface area contributed by atoms with Gasteiger partial charge in [-0.05, 0) is 38.6 Å². The highest BCUT2D eigenvalue weighted by molar-refractivity contribution is 5.93. The topological polar surface area (TPSA) is 52.7 Å². The predicted octanol–water partition coefficient (Wildman–Crippen LogP) is 2.35. The van der Waals surface area contributed by atoms with Gasteiger partial charge in [0.25, 0.3) is 0 Å². The average Bonchev–Trinajstić information content (AvgIpc) is 2.55. The SMILES string of the molecule is CN(CC1CCCCN1C)C(=O)CCC(=O)Nc1ccccc1. The van der Waals surface area contributed by atoms with Crippen molar-refractivity contribution in [2.24, 2.45) is 0 Å². The standard InChI is InChI=1S/C18H27N3O2/c1-20-13-7-6-10-16(20)14-21(2)18(23)12-11-17(22)19-15-8-4-3-5-9-15/h3-5,8-9,16H,6-7,10-14H2,1-2H3,(H,19,22). The number of hydrogen-bond acceptors (Lipinski definition) is 3. The molecule has 0 aromatic heterocycles. The van der Waals surface area contributed by atoms with Crippen molar-refractivity contribution in [1.29, 1.82) is 0 Å². The summed E-state index contributed by atoms with van der Waals surface area (Å²) < 4.78 is 0. The Kier molecular flexibility index (Phi) is 6.59. The Labute approximate surface area is 138 Å². The molecular weight excluding hydrogens is 290 g/mol. The van der Waals surface area contributed by atoms with Gasteiger partial charge >= 0.3 is 0 Å². The average molecular weight is 317 g/mol. The zero-order chi connectivity index (χ0) is 16.7. The zero-order valence-corrected chi connectivity index (χ0v) is 14.1. The summed E-state index contributed by atoms with van der Waals surface area (Å²) >= 11 is 0. The molecule has 0 saturated carbocycles. The van der Waals surface area contributed by atoms with Gasteiger partial charge in [-0.15, -0.1) is 0 Å². The highest BCUT2D eigenvalue weighted by Gasteiger charge is 2.22. The van der Waals surface area contributed by atoms with Crippen LogP contribution in [-0.2, 0) is 9.59 Å². The Bertz CT molecular complexity index is 518. The van der Waals surface area contributed by atoms with E-state index in [1.165, 1.54) is 12.8 Å². The maximum Gasteiger partial charge on any atom is 0.224 e. The van der Waals surface area contributed by atoms with Crippen molar-refractivity contribution in [2.75, 3.05) is 32.5 Å². The number of hydrogen-bond donors (Lipinski definition) is 1. The molecule has 1 aliphatic heterocycles. The summed E-state index contributed by atoms with van der Waals surface area (Å²) in [6.07, 6.45) is 4.09. The van der Waals surface area contributed by atoms with Crippen LogP contribution in [0.4, 0.5) is 5.69 Å². The summed E-state index contributed by atoms with van der Waals surface area (Å²) in [7, 11) is 3.95. The largest absolute Gasteiger partial charge is 0.344 e. The van der Waals surface area contributed by atoms with E-state index in [2.05, 4.69) is 17.3 Å². The molecule has 1 heterocycles. The number of piperidine rings is 1. The van der Waals surface area contributed by atoms with Crippen molar-refractivity contribution in [3.05, 3.63) is 30.3 Å². The number of rotatable bonds is 6. The second-order valence-electron chi connectivity index (χ2n) is 6.32. The van der Waals surface area contributed by atoms with Crippen LogP contribution in [0.5, 0.6) is 0 Å². The van der Waals surface area contributed by atoms with E-state index in [0.717, 1.165) is 25.2 Å². The van der Waals surface area contributed by atoms with Crippen molar-refractivity contribution >= 4 is 17.5 Å². The molecule has 1 atom stereocenters. The van der Waals surface area contributed by atoms with Crippen molar-refractivity contribution in [1.82, 2.24) is 9.80 Å². The maximum absolute atomic E-state index is 12.2. The molecule has 126 valence electrons. The van der Waals surface area contributed by atoms with Crippen molar-refractivity contribution in [2.45, 2.75) is 38.1 Å². The van der Waals surface area contributed by atoms with Crippen LogP contribution in [0.15, 0.2) is 30.3 Å². The van der Waals surface area contributed by atoms with E-state index in [1.54, 1.807) is 4.90 Å². The fourth-order valence-corrected chi connectivity index (χ4v) is 2.95. The summed E-state index contributed by atoms with van der Waals surface area (Å²) in [5.74, 6) is -0.0834. The van der Waals surface area contributed by atoms with Crippen LogP contribution in [0.2, 0.25) is 0 Å². The lowest BCUT2D eigenvalue weighted by atomic mass is 10.0. The van der Waals surface area contributed by atoms with Gasteiger partial charge in [0.2, 0.25) is 11.8 Å². The molecule has 0 spiro atoms. The summed E-state index contributed by atoms with van der Waals surface area (Å²) in [6.45, 7) is 1.85. The summed E-state index contributed by atoms with van der Waals surface area (Å²) in [4.78, 5) is 28.2. The molecule has 0 bridgehead atoms. The van der Waals surface area contributed by atoms with Crippen LogP contribution in [0.25, 0.3) is 0 Å². The monoisotopic (exact) mass is 317 g/mol. The van der Waals surface area contributed by atoms with Crippen LogP contribution in [0.1, 0.15) is 32.1 Å². The Morgan fingerprint density at radius 3 is 2.65 bits per heavy atom. The van der Waals surface area contributed by atoms with Gasteiger partial charge in [0, 0.05) is 38.2 Å². The summed E-state index contributed by atoms with van der Waals surface area (Å²) in [6, 6.07) is 9.76. The second-order valence-corrected chi connectivity index (χ2v) is 6.32. The molecule has 5 nitrogen and oxygen atoms in total. The zero-order valence-electron chi connectivity index (χ0n) is 14.1. The number of carbonyl (C=O) groups excluding carboxylic acids is 2. The molecule has 1 unspecified atom stereocenters. The Balaban J connectivity index is 1.72. The fraction of sp³-hybridized carbons (Fsp3) is 0.556. The highest BCUT2D eigenvalue weighted by Crippen LogP contribution is 2.16. The molecule has 1 aromatic rings. The van der Waals surface area contributed by atoms with Crippen LogP contribution in [0, 0.1) is 0 Å². The van der Waals surface area contributed by atoms with Gasteiger partial charge < -0.3 is 15.1 Å². The lowest BCUT2D eigenvalue weighted by Gasteiger charge is -2.35. The molecule has 5 heteroatoms. The molecule has 1 saturated heterocycles. The lowest BCUT2D eigenvalue weighted by molar-refractivity contribution is -0.132. The second kappa shape index (κ2) is 8.67. The molecule has 0 aliphatic carbocycles. The molecule has 1 N–H and O–H groups in total. The van der Waals surface area contributed by atoms with Crippen molar-refractivity contribution in [3.8, 4) is 0 Å². The van der Waals surface area contributed by atoms with Crippen LogP contribution in [-0.4, -0.2) is 54.8 Å². The summed E-state index contributed by atoms with van der Waals surface area (Å²) in [5, 5.41) is 2.81. The minimum atomic E-state index is -0.118. The Hall–Kier alpha value is -1.88. The molecule has 2 amide bonds. The van der Waals surface area contributed by atoms with E-state index in [9.17, 15) is 9.59 Å². The van der Waals surface area contributed by atoms with Gasteiger partial charge in [-0.2, -0.15) is 0 Å². The first-order valence-corrected chi connectivity index (χ1v) is 8.35. The lowest BCUT2D eigenvalue weighted by Crippen LogP contribution is -2.45. The maximum atomic E-state index is 12.2. The third kappa shape index (κ3) is 5.67. The molecule has 1 aliphatic rings. The van der Waals surface area contributed by atoms with Gasteiger partial charge in [0.05, 0.1) is 0 Å². The third-order valence-corrected chi connectivity index (χ3v) is 4.46. The van der Waals surface area contributed by atoms with Gasteiger partial charge in [-0.3, -0.25) is 9.59 Å². The van der Waals surface area contributed by atoms with Crippen LogP contribution >= 0.6 is 0 Å². The van der Waals surface area contributed by atoms with E-state index in [0.29, 0.717) is 6.04 Å². The Morgan fingerprint density at radius 1 is 1.22 bits per heavy atom. The first-order chi connectivity index (χ1) is 11.1. The smallest absolute Gasteiger partial charge is 0.224 e. The van der Waals surface area contributed by atoms with E-state index in [1.807, 2.05) is 37.4 Å². The van der Waals surface area contributed by atoms with E-state index < -0.39 is 0 Å². The molecule has 0 radical (unpaired) electrons. The number of para-hydroxylation sites is 1. The third-order valence-electron chi connectivity index (χ3n) is 4.46. The van der Waals surface area contributed by atoms with Gasteiger partial charge in [0.15, 0.2) is 0 Å². The number of amides is 2. The Morgan fingerprint density at radius 2 is 1.96 bits per heavy atom. The minimum Gasteiger partial charge on any atom is -0.344 e. The number of likely N-dealkylation sites (tertiary alicyclic amines) is 1. The minimum absolute atomic E-state index is 0.0344. The van der Waals surface area contributed by atoms with Gasteiger partial charge in [-0.25, -0.2) is 0 Å². The number of nitrogens with one attached hydrogen (secondary N) is 1. The van der Waals surface area contributed by atoms with Crippen LogP contribution < -0.4 is 5.32 Å². The van der Waals surface area contributed by atoms with E-state index in [4.69, 9.17) is 0 Å². The summed E-state index contributed by atoms with van der Waals surface area (Å²) in [5.41, 5.74) is 0.766. The number of likely N-dealkylation sites (N-methyl/N-ethyl adjacent to an activating group) is 2. The van der Waals surface area contributed by atoms with Crippen molar-refractivity contribution < 1.29 is 9.59 Å². The van der Waals surface area contributed by atoms with Crippen LogP contribution in [0.3, 0.4) is 0 Å². The highest BCUT2D eigenvalue weighted by atomic mass is 16.2. The number of anilines is 1. The number of benzene rings is 1. The van der Waals surface area contributed by atoms with E-state index >= 15 is 0 Å². The number of carbonyl (C=O) groups is 2. The van der Waals surface area contributed by atoms with Gasteiger partial charge in [0.1, 0.15) is 0 Å². The molecule has 23 heavy (non-hydrogen) atoms. The molecule has 1 aromatic carbocycles. The molecular formula is C18H27N3O2. The van der Waals surface area contributed by atoms with E-state index in [-0.39, 0.29) is 24.7 Å². The predicted molar refractivity (Wildman–Crippen MR) is 92.2 cm³/mol. The number of nitrogens with zero attached hydrogens (tertiary/aromatic N) is 2. The first kappa shape index (κ1) is 17.5. The molecule has 1 fully saturated rings.